The van der Waals surface area contributed by atoms with E-state index in [1.807, 2.05) is 0 Å². The highest BCUT2D eigenvalue weighted by Gasteiger charge is 2.16. The topological polar surface area (TPSA) is 12.9 Å². The summed E-state index contributed by atoms with van der Waals surface area (Å²) in [6.07, 6.45) is 2.43. The summed E-state index contributed by atoms with van der Waals surface area (Å²) < 4.78 is 0. The molecular weight excluding hydrogens is 194 g/mol. The van der Waals surface area contributed by atoms with E-state index >= 15 is 0 Å². The Morgan fingerprint density at radius 2 is 1.81 bits per heavy atom. The van der Waals surface area contributed by atoms with E-state index < -0.39 is 0 Å². The fourth-order valence-electron chi connectivity index (χ4n) is 1.72. The third-order valence-electron chi connectivity index (χ3n) is 2.79. The molecule has 0 radical (unpaired) electrons. The lowest BCUT2D eigenvalue weighted by Crippen LogP contribution is -2.14. The van der Waals surface area contributed by atoms with Crippen molar-refractivity contribution in [2.45, 2.75) is 59.8 Å². The number of pyridine rings is 1. The molecule has 0 spiro atoms. The summed E-state index contributed by atoms with van der Waals surface area (Å²) >= 11 is 0. The third kappa shape index (κ3) is 3.96. The molecule has 90 valence electrons. The maximum atomic E-state index is 4.63. The fraction of sp³-hybridized carbons (Fsp3) is 0.667. The highest BCUT2D eigenvalue weighted by atomic mass is 14.7. The van der Waals surface area contributed by atoms with Gasteiger partial charge in [-0.2, -0.15) is 0 Å². The van der Waals surface area contributed by atoms with Gasteiger partial charge < -0.3 is 0 Å². The molecule has 1 nitrogen and oxygen atoms in total. The summed E-state index contributed by atoms with van der Waals surface area (Å²) in [5, 5.41) is 0. The zero-order valence-corrected chi connectivity index (χ0v) is 11.6. The lowest BCUT2D eigenvalue weighted by atomic mass is 9.89. The molecular formula is C15H25N. The van der Waals surface area contributed by atoms with Crippen molar-refractivity contribution in [1.82, 2.24) is 4.98 Å². The number of aromatic nitrogens is 1. The summed E-state index contributed by atoms with van der Waals surface area (Å²) in [5.41, 5.74) is 3.95. The summed E-state index contributed by atoms with van der Waals surface area (Å²) in [6.45, 7) is 13.3. The SMILES string of the molecule is Cc1cc(CCC(C)C)cc(C(C)(C)C)n1. The molecule has 0 aliphatic carbocycles. The van der Waals surface area contributed by atoms with Gasteiger partial charge in [-0.1, -0.05) is 34.6 Å². The van der Waals surface area contributed by atoms with Crippen LogP contribution in [0.3, 0.4) is 0 Å². The maximum Gasteiger partial charge on any atom is 0.0462 e. The molecule has 1 heterocycles. The van der Waals surface area contributed by atoms with Crippen LogP contribution < -0.4 is 0 Å². The van der Waals surface area contributed by atoms with Gasteiger partial charge in [0.15, 0.2) is 0 Å². The number of aryl methyl sites for hydroxylation is 2. The van der Waals surface area contributed by atoms with Crippen molar-refractivity contribution in [3.05, 3.63) is 29.1 Å². The minimum atomic E-state index is 0.151. The van der Waals surface area contributed by atoms with Crippen LogP contribution in [0, 0.1) is 12.8 Å². The van der Waals surface area contributed by atoms with Crippen LogP contribution in [0.1, 0.15) is 58.0 Å². The van der Waals surface area contributed by atoms with Crippen LogP contribution in [0.2, 0.25) is 0 Å². The van der Waals surface area contributed by atoms with Gasteiger partial charge in [0.25, 0.3) is 0 Å². The first-order chi connectivity index (χ1) is 7.29. The van der Waals surface area contributed by atoms with Crippen LogP contribution in [-0.4, -0.2) is 4.98 Å². The van der Waals surface area contributed by atoms with E-state index in [9.17, 15) is 0 Å². The molecule has 0 saturated heterocycles. The zero-order chi connectivity index (χ0) is 12.3. The molecule has 0 atom stereocenters. The molecule has 16 heavy (non-hydrogen) atoms. The third-order valence-corrected chi connectivity index (χ3v) is 2.79. The van der Waals surface area contributed by atoms with E-state index in [0.717, 1.165) is 11.6 Å². The van der Waals surface area contributed by atoms with E-state index in [2.05, 4.69) is 58.7 Å². The van der Waals surface area contributed by atoms with Crippen molar-refractivity contribution in [1.29, 1.82) is 0 Å². The molecule has 0 aliphatic rings. The van der Waals surface area contributed by atoms with E-state index in [0.29, 0.717) is 0 Å². The Morgan fingerprint density at radius 1 is 1.19 bits per heavy atom. The monoisotopic (exact) mass is 219 g/mol. The van der Waals surface area contributed by atoms with E-state index in [1.165, 1.54) is 24.1 Å². The van der Waals surface area contributed by atoms with Gasteiger partial charge in [-0.3, -0.25) is 4.98 Å². The quantitative estimate of drug-likeness (QED) is 0.739. The van der Waals surface area contributed by atoms with Crippen molar-refractivity contribution in [3.63, 3.8) is 0 Å². The summed E-state index contributed by atoms with van der Waals surface area (Å²) in [7, 11) is 0. The summed E-state index contributed by atoms with van der Waals surface area (Å²) in [6, 6.07) is 4.49. The molecule has 0 fully saturated rings. The molecule has 0 unspecified atom stereocenters. The van der Waals surface area contributed by atoms with Crippen molar-refractivity contribution < 1.29 is 0 Å². The second-order valence-corrected chi connectivity index (χ2v) is 6.18. The minimum absolute atomic E-state index is 0.151. The van der Waals surface area contributed by atoms with Crippen molar-refractivity contribution in [2.75, 3.05) is 0 Å². The Morgan fingerprint density at radius 3 is 2.31 bits per heavy atom. The maximum absolute atomic E-state index is 4.63. The van der Waals surface area contributed by atoms with Gasteiger partial charge in [0.2, 0.25) is 0 Å². The molecule has 0 aromatic carbocycles. The first-order valence-corrected chi connectivity index (χ1v) is 6.27. The highest BCUT2D eigenvalue weighted by molar-refractivity contribution is 5.25. The smallest absolute Gasteiger partial charge is 0.0462 e. The predicted molar refractivity (Wildman–Crippen MR) is 70.8 cm³/mol. The molecule has 0 aliphatic heterocycles. The van der Waals surface area contributed by atoms with Gasteiger partial charge in [0.1, 0.15) is 0 Å². The van der Waals surface area contributed by atoms with Crippen molar-refractivity contribution in [2.24, 2.45) is 5.92 Å². The zero-order valence-electron chi connectivity index (χ0n) is 11.6. The molecule has 0 bridgehead atoms. The van der Waals surface area contributed by atoms with E-state index in [-0.39, 0.29) is 5.41 Å². The fourth-order valence-corrected chi connectivity index (χ4v) is 1.72. The normalized spacial score (nSPS) is 12.2. The van der Waals surface area contributed by atoms with Crippen LogP contribution in [0.25, 0.3) is 0 Å². The van der Waals surface area contributed by atoms with Gasteiger partial charge in [0.05, 0.1) is 0 Å². The Balaban J connectivity index is 2.90. The average Bonchev–Trinajstić information content (AvgIpc) is 2.12. The molecule has 0 saturated carbocycles. The van der Waals surface area contributed by atoms with Crippen molar-refractivity contribution >= 4 is 0 Å². The average molecular weight is 219 g/mol. The largest absolute Gasteiger partial charge is 0.258 e. The van der Waals surface area contributed by atoms with Crippen LogP contribution in [-0.2, 0) is 11.8 Å². The van der Waals surface area contributed by atoms with Gasteiger partial charge in [-0.15, -0.1) is 0 Å². The van der Waals surface area contributed by atoms with E-state index in [1.54, 1.807) is 0 Å². The van der Waals surface area contributed by atoms with Crippen LogP contribution >= 0.6 is 0 Å². The van der Waals surface area contributed by atoms with Gasteiger partial charge in [-0.25, -0.2) is 0 Å². The van der Waals surface area contributed by atoms with Gasteiger partial charge in [0, 0.05) is 16.8 Å². The first kappa shape index (κ1) is 13.2. The Bertz CT molecular complexity index is 345. The lowest BCUT2D eigenvalue weighted by molar-refractivity contribution is 0.560. The van der Waals surface area contributed by atoms with E-state index in [4.69, 9.17) is 0 Å². The second-order valence-electron chi connectivity index (χ2n) is 6.18. The molecule has 0 amide bonds. The van der Waals surface area contributed by atoms with Crippen LogP contribution in [0.15, 0.2) is 12.1 Å². The summed E-state index contributed by atoms with van der Waals surface area (Å²) in [4.78, 5) is 4.63. The predicted octanol–water partition coefficient (Wildman–Crippen LogP) is 4.28. The van der Waals surface area contributed by atoms with Crippen LogP contribution in [0.4, 0.5) is 0 Å². The van der Waals surface area contributed by atoms with Crippen molar-refractivity contribution in [3.8, 4) is 0 Å². The molecule has 1 aromatic heterocycles. The Kier molecular flexibility index (Phi) is 4.12. The number of hydrogen-bond donors (Lipinski definition) is 0. The standard InChI is InChI=1S/C15H25N/c1-11(2)7-8-13-9-12(3)16-14(10-13)15(4,5)6/h9-11H,7-8H2,1-6H3. The molecule has 1 aromatic rings. The van der Waals surface area contributed by atoms with Gasteiger partial charge in [-0.05, 0) is 43.4 Å². The lowest BCUT2D eigenvalue weighted by Gasteiger charge is -2.19. The Hall–Kier alpha value is -0.850. The number of rotatable bonds is 3. The number of nitrogens with zero attached hydrogens (tertiary/aromatic N) is 1. The Labute approximate surface area is 100 Å². The van der Waals surface area contributed by atoms with Crippen LogP contribution in [0.5, 0.6) is 0 Å². The highest BCUT2D eigenvalue weighted by Crippen LogP contribution is 2.22. The minimum Gasteiger partial charge on any atom is -0.258 e. The number of hydrogen-bond acceptors (Lipinski definition) is 1. The second kappa shape index (κ2) is 4.99. The molecule has 1 heteroatoms. The molecule has 0 N–H and O–H groups in total. The van der Waals surface area contributed by atoms with Gasteiger partial charge >= 0.3 is 0 Å². The first-order valence-electron chi connectivity index (χ1n) is 6.27. The summed E-state index contributed by atoms with van der Waals surface area (Å²) in [5.74, 6) is 0.770. The molecule has 1 rings (SSSR count).